The van der Waals surface area contributed by atoms with Gasteiger partial charge in [0, 0.05) is 37.7 Å². The molecule has 0 bridgehead atoms. The first-order valence-electron chi connectivity index (χ1n) is 8.57. The molecule has 6 heteroatoms. The van der Waals surface area contributed by atoms with Crippen LogP contribution in [-0.4, -0.2) is 36.3 Å². The second-order valence-electron chi connectivity index (χ2n) is 6.47. The first-order chi connectivity index (χ1) is 12.0. The first-order valence-corrected chi connectivity index (χ1v) is 9.37. The van der Waals surface area contributed by atoms with E-state index in [1.54, 1.807) is 0 Å². The minimum Gasteiger partial charge on any atom is -0.489 e. The van der Waals surface area contributed by atoms with Crippen LogP contribution in [0.1, 0.15) is 29.7 Å². The van der Waals surface area contributed by atoms with E-state index in [1.165, 1.54) is 0 Å². The van der Waals surface area contributed by atoms with Crippen LogP contribution in [0.5, 0.6) is 5.75 Å². The molecule has 1 fully saturated rings. The lowest BCUT2D eigenvalue weighted by atomic mass is 10.2. The Morgan fingerprint density at radius 3 is 2.92 bits per heavy atom. The van der Waals surface area contributed by atoms with Gasteiger partial charge in [-0.05, 0) is 54.2 Å². The van der Waals surface area contributed by atoms with Gasteiger partial charge in [-0.2, -0.15) is 0 Å². The van der Waals surface area contributed by atoms with Crippen LogP contribution < -0.4 is 9.64 Å². The molecule has 0 spiro atoms. The molecule has 1 aliphatic heterocycles. The Morgan fingerprint density at radius 1 is 1.36 bits per heavy atom. The molecule has 0 radical (unpaired) electrons. The van der Waals surface area contributed by atoms with Gasteiger partial charge < -0.3 is 14.4 Å². The van der Waals surface area contributed by atoms with Gasteiger partial charge >= 0.3 is 0 Å². The van der Waals surface area contributed by atoms with Crippen LogP contribution in [0.25, 0.3) is 0 Å². The van der Waals surface area contributed by atoms with Crippen LogP contribution in [0.4, 0.5) is 5.95 Å². The second-order valence-corrected chi connectivity index (χ2v) is 7.32. The summed E-state index contributed by atoms with van der Waals surface area (Å²) in [4.78, 5) is 11.0. The zero-order chi connectivity index (χ0) is 17.8. The Labute approximate surface area is 157 Å². The van der Waals surface area contributed by atoms with Crippen LogP contribution in [0.15, 0.2) is 28.9 Å². The standard InChI is InChI=1S/C19H24BrN3O2/c1-13-10-21-19(22-14(13)2)23(3)11-15-6-4-8-17(20)18(15)25-12-16-7-5-9-24-16/h4,6,8,10,16H,5,7,9,11-12H2,1-3H3. The molecule has 3 rings (SSSR count). The predicted molar refractivity (Wildman–Crippen MR) is 102 cm³/mol. The summed E-state index contributed by atoms with van der Waals surface area (Å²) in [6.07, 6.45) is 4.24. The molecule has 25 heavy (non-hydrogen) atoms. The maximum absolute atomic E-state index is 6.09. The number of aryl methyl sites for hydroxylation is 2. The maximum Gasteiger partial charge on any atom is 0.225 e. The van der Waals surface area contributed by atoms with Crippen molar-refractivity contribution in [3.05, 3.63) is 45.7 Å². The topological polar surface area (TPSA) is 47.5 Å². The fourth-order valence-electron chi connectivity index (χ4n) is 2.82. The highest BCUT2D eigenvalue weighted by atomic mass is 79.9. The minimum absolute atomic E-state index is 0.195. The van der Waals surface area contributed by atoms with Crippen LogP contribution in [-0.2, 0) is 11.3 Å². The quantitative estimate of drug-likeness (QED) is 0.725. The Balaban J connectivity index is 1.74. The van der Waals surface area contributed by atoms with E-state index in [9.17, 15) is 0 Å². The summed E-state index contributed by atoms with van der Waals surface area (Å²) in [6, 6.07) is 6.10. The molecule has 5 nitrogen and oxygen atoms in total. The van der Waals surface area contributed by atoms with Gasteiger partial charge in [0.2, 0.25) is 5.95 Å². The Morgan fingerprint density at radius 2 is 2.20 bits per heavy atom. The Hall–Kier alpha value is -1.66. The molecule has 0 amide bonds. The summed E-state index contributed by atoms with van der Waals surface area (Å²) in [5.41, 5.74) is 3.19. The van der Waals surface area contributed by atoms with Crippen molar-refractivity contribution in [3.63, 3.8) is 0 Å². The van der Waals surface area contributed by atoms with E-state index >= 15 is 0 Å². The summed E-state index contributed by atoms with van der Waals surface area (Å²) in [5, 5.41) is 0. The molecule has 0 aliphatic carbocycles. The summed E-state index contributed by atoms with van der Waals surface area (Å²) in [7, 11) is 1.99. The van der Waals surface area contributed by atoms with Crippen LogP contribution in [0, 0.1) is 13.8 Å². The lowest BCUT2D eigenvalue weighted by Crippen LogP contribution is -2.21. The number of ether oxygens (including phenoxy) is 2. The number of aromatic nitrogens is 2. The van der Waals surface area contributed by atoms with E-state index in [2.05, 4.69) is 32.0 Å². The predicted octanol–water partition coefficient (Wildman–Crippen LogP) is 4.05. The number of anilines is 1. The second kappa shape index (κ2) is 8.15. The molecule has 0 saturated carbocycles. The minimum atomic E-state index is 0.195. The van der Waals surface area contributed by atoms with Gasteiger partial charge in [0.15, 0.2) is 0 Å². The third kappa shape index (κ3) is 4.50. The van der Waals surface area contributed by atoms with Gasteiger partial charge in [-0.25, -0.2) is 9.97 Å². The monoisotopic (exact) mass is 405 g/mol. The van der Waals surface area contributed by atoms with Crippen LogP contribution in [0.2, 0.25) is 0 Å². The summed E-state index contributed by atoms with van der Waals surface area (Å²) < 4.78 is 12.7. The number of hydrogen-bond acceptors (Lipinski definition) is 5. The van der Waals surface area contributed by atoms with Crippen molar-refractivity contribution in [1.82, 2.24) is 9.97 Å². The van der Waals surface area contributed by atoms with Gasteiger partial charge in [-0.3, -0.25) is 0 Å². The highest BCUT2D eigenvalue weighted by Crippen LogP contribution is 2.31. The summed E-state index contributed by atoms with van der Waals surface area (Å²) >= 11 is 3.61. The molecular formula is C19H24BrN3O2. The van der Waals surface area contributed by atoms with Gasteiger partial charge in [0.05, 0.1) is 10.6 Å². The average molecular weight is 406 g/mol. The van der Waals surface area contributed by atoms with Gasteiger partial charge in [0.1, 0.15) is 12.4 Å². The van der Waals surface area contributed by atoms with Gasteiger partial charge in [0.25, 0.3) is 0 Å². The van der Waals surface area contributed by atoms with Crippen LogP contribution >= 0.6 is 15.9 Å². The van der Waals surface area contributed by atoms with E-state index in [0.717, 1.165) is 46.5 Å². The zero-order valence-electron chi connectivity index (χ0n) is 15.0. The molecule has 1 aromatic heterocycles. The van der Waals surface area contributed by atoms with Crippen molar-refractivity contribution in [1.29, 1.82) is 0 Å². The van der Waals surface area contributed by atoms with E-state index in [-0.39, 0.29) is 6.10 Å². The number of benzene rings is 1. The largest absolute Gasteiger partial charge is 0.489 e. The molecule has 2 heterocycles. The van der Waals surface area contributed by atoms with Crippen molar-refractivity contribution in [3.8, 4) is 5.75 Å². The highest BCUT2D eigenvalue weighted by molar-refractivity contribution is 9.10. The summed E-state index contributed by atoms with van der Waals surface area (Å²) in [6.45, 7) is 6.11. The smallest absolute Gasteiger partial charge is 0.225 e. The third-order valence-electron chi connectivity index (χ3n) is 4.45. The number of halogens is 1. The SMILES string of the molecule is Cc1cnc(N(C)Cc2cccc(Br)c2OCC2CCCO2)nc1C. The molecule has 2 aromatic rings. The molecule has 1 aromatic carbocycles. The van der Waals surface area contributed by atoms with E-state index < -0.39 is 0 Å². The first kappa shape index (κ1) is 18.1. The summed E-state index contributed by atoms with van der Waals surface area (Å²) in [5.74, 6) is 1.59. The van der Waals surface area contributed by atoms with Gasteiger partial charge in [-0.1, -0.05) is 12.1 Å². The number of para-hydroxylation sites is 1. The molecule has 1 aliphatic rings. The third-order valence-corrected chi connectivity index (χ3v) is 5.07. The zero-order valence-corrected chi connectivity index (χ0v) is 16.5. The fraction of sp³-hybridized carbons (Fsp3) is 0.474. The Bertz CT molecular complexity index is 733. The number of rotatable bonds is 6. The van der Waals surface area contributed by atoms with E-state index in [1.807, 2.05) is 44.1 Å². The van der Waals surface area contributed by atoms with Crippen LogP contribution in [0.3, 0.4) is 0 Å². The lowest BCUT2D eigenvalue weighted by molar-refractivity contribution is 0.0673. The Kier molecular flexibility index (Phi) is 5.91. The number of hydrogen-bond donors (Lipinski definition) is 0. The highest BCUT2D eigenvalue weighted by Gasteiger charge is 2.18. The van der Waals surface area contributed by atoms with E-state index in [0.29, 0.717) is 19.1 Å². The fourth-order valence-corrected chi connectivity index (χ4v) is 3.34. The van der Waals surface area contributed by atoms with Crippen molar-refractivity contribution in [2.45, 2.75) is 39.3 Å². The molecule has 1 atom stereocenters. The normalized spacial score (nSPS) is 16.9. The molecule has 0 N–H and O–H groups in total. The van der Waals surface area contributed by atoms with E-state index in [4.69, 9.17) is 9.47 Å². The van der Waals surface area contributed by atoms with Crippen molar-refractivity contribution < 1.29 is 9.47 Å². The number of nitrogens with zero attached hydrogens (tertiary/aromatic N) is 3. The molecular weight excluding hydrogens is 382 g/mol. The van der Waals surface area contributed by atoms with Crippen molar-refractivity contribution in [2.75, 3.05) is 25.2 Å². The lowest BCUT2D eigenvalue weighted by Gasteiger charge is -2.21. The van der Waals surface area contributed by atoms with Crippen molar-refractivity contribution >= 4 is 21.9 Å². The average Bonchev–Trinajstić information content (AvgIpc) is 3.10. The molecule has 134 valence electrons. The molecule has 1 unspecified atom stereocenters. The van der Waals surface area contributed by atoms with Gasteiger partial charge in [-0.15, -0.1) is 0 Å². The van der Waals surface area contributed by atoms with Crippen molar-refractivity contribution in [2.24, 2.45) is 0 Å². The maximum atomic E-state index is 6.09. The molecule has 1 saturated heterocycles.